The van der Waals surface area contributed by atoms with Crippen molar-refractivity contribution in [1.29, 1.82) is 0 Å². The van der Waals surface area contributed by atoms with E-state index in [2.05, 4.69) is 90.8 Å². The van der Waals surface area contributed by atoms with Crippen molar-refractivity contribution in [3.8, 4) is 0 Å². The van der Waals surface area contributed by atoms with E-state index in [0.29, 0.717) is 0 Å². The molecule has 0 aliphatic rings. The lowest BCUT2D eigenvalue weighted by Gasteiger charge is -2.19. The fourth-order valence-corrected chi connectivity index (χ4v) is 3.96. The molecule has 0 aromatic heterocycles. The lowest BCUT2D eigenvalue weighted by atomic mass is 9.93. The Morgan fingerprint density at radius 1 is 0.750 bits per heavy atom. The van der Waals surface area contributed by atoms with Gasteiger partial charge < -0.3 is 10.0 Å². The summed E-state index contributed by atoms with van der Waals surface area (Å²) in [6.07, 6.45) is 2.80. The molecule has 0 fully saturated rings. The molecule has 1 N–H and O–H groups in total. The molecule has 0 radical (unpaired) electrons. The summed E-state index contributed by atoms with van der Waals surface area (Å²) in [6.45, 7) is 1.24. The zero-order valence-electron chi connectivity index (χ0n) is 16.4. The zero-order valence-corrected chi connectivity index (χ0v) is 16.4. The van der Waals surface area contributed by atoms with Crippen LogP contribution in [0.4, 0.5) is 5.69 Å². The lowest BCUT2D eigenvalue weighted by molar-refractivity contribution is 0.285. The van der Waals surface area contributed by atoms with Crippen LogP contribution in [-0.2, 0) is 6.42 Å². The van der Waals surface area contributed by atoms with Gasteiger partial charge in [-0.1, -0.05) is 66.7 Å². The van der Waals surface area contributed by atoms with Gasteiger partial charge in [0, 0.05) is 25.9 Å². The Morgan fingerprint density at radius 2 is 1.43 bits per heavy atom. The molecule has 0 saturated heterocycles. The summed E-state index contributed by atoms with van der Waals surface area (Å²) in [4.78, 5) is 2.25. The molecule has 0 aliphatic heterocycles. The number of rotatable bonds is 7. The summed E-state index contributed by atoms with van der Waals surface area (Å²) in [7, 11) is 2.11. The minimum atomic E-state index is 0.270. The predicted octanol–water partition coefficient (Wildman–Crippen LogP) is 5.79. The maximum atomic E-state index is 8.95. The highest BCUT2D eigenvalue weighted by Crippen LogP contribution is 2.30. The summed E-state index contributed by atoms with van der Waals surface area (Å²) < 4.78 is 0. The molecule has 4 rings (SSSR count). The molecule has 4 aromatic carbocycles. The molecule has 0 heterocycles. The van der Waals surface area contributed by atoms with Crippen molar-refractivity contribution in [3.63, 3.8) is 0 Å². The van der Waals surface area contributed by atoms with Crippen LogP contribution < -0.4 is 4.90 Å². The van der Waals surface area contributed by atoms with Gasteiger partial charge in [-0.2, -0.15) is 0 Å². The summed E-state index contributed by atoms with van der Waals surface area (Å²) in [5.41, 5.74) is 3.93. The molecule has 0 saturated carbocycles. The highest BCUT2D eigenvalue weighted by Gasteiger charge is 2.08. The van der Waals surface area contributed by atoms with Crippen molar-refractivity contribution in [1.82, 2.24) is 0 Å². The molecular formula is C26H27NO. The van der Waals surface area contributed by atoms with E-state index in [4.69, 9.17) is 5.11 Å². The molecule has 142 valence electrons. The normalized spacial score (nSPS) is 11.2. The zero-order chi connectivity index (χ0) is 19.3. The molecule has 2 heteroatoms. The molecule has 0 atom stereocenters. The number of unbranched alkanes of at least 4 members (excludes halogenated alkanes) is 1. The van der Waals surface area contributed by atoms with Crippen LogP contribution in [0, 0.1) is 0 Å². The summed E-state index contributed by atoms with van der Waals surface area (Å²) >= 11 is 0. The SMILES string of the molecule is CN(CCCCO)c1ccc(Cc2cc3ccccc3c3ccccc23)cc1. The second-order valence-corrected chi connectivity index (χ2v) is 7.50. The minimum Gasteiger partial charge on any atom is -0.396 e. The van der Waals surface area contributed by atoms with Crippen LogP contribution in [0.15, 0.2) is 78.9 Å². The molecule has 0 bridgehead atoms. The Hall–Kier alpha value is -2.84. The highest BCUT2D eigenvalue weighted by molar-refractivity contribution is 6.09. The smallest absolute Gasteiger partial charge is 0.0431 e. The van der Waals surface area contributed by atoms with Gasteiger partial charge in [-0.25, -0.2) is 0 Å². The molecule has 28 heavy (non-hydrogen) atoms. The van der Waals surface area contributed by atoms with Gasteiger partial charge in [0.1, 0.15) is 0 Å². The van der Waals surface area contributed by atoms with Gasteiger partial charge in [0.15, 0.2) is 0 Å². The predicted molar refractivity (Wildman–Crippen MR) is 120 cm³/mol. The fourth-order valence-electron chi connectivity index (χ4n) is 3.96. The second kappa shape index (κ2) is 8.45. The fraction of sp³-hybridized carbons (Fsp3) is 0.231. The van der Waals surface area contributed by atoms with Gasteiger partial charge in [-0.05, 0) is 64.1 Å². The molecule has 2 nitrogen and oxygen atoms in total. The van der Waals surface area contributed by atoms with Crippen LogP contribution in [-0.4, -0.2) is 25.3 Å². The van der Waals surface area contributed by atoms with Crippen LogP contribution in [0.5, 0.6) is 0 Å². The van der Waals surface area contributed by atoms with E-state index in [-0.39, 0.29) is 6.61 Å². The number of nitrogens with zero attached hydrogens (tertiary/aromatic N) is 1. The van der Waals surface area contributed by atoms with Crippen LogP contribution in [0.1, 0.15) is 24.0 Å². The number of hydrogen-bond acceptors (Lipinski definition) is 2. The average molecular weight is 370 g/mol. The highest BCUT2D eigenvalue weighted by atomic mass is 16.2. The maximum Gasteiger partial charge on any atom is 0.0431 e. The number of hydrogen-bond donors (Lipinski definition) is 1. The second-order valence-electron chi connectivity index (χ2n) is 7.50. The standard InChI is InChI=1S/C26H27NO/c1-27(16-6-7-17-28)23-14-12-20(13-15-23)18-22-19-21-8-2-3-9-24(21)26-11-5-4-10-25(22)26/h2-5,8-15,19,28H,6-7,16-18H2,1H3. The Bertz CT molecular complexity index is 1070. The van der Waals surface area contributed by atoms with Crippen molar-refractivity contribution < 1.29 is 5.11 Å². The minimum absolute atomic E-state index is 0.270. The van der Waals surface area contributed by atoms with Crippen LogP contribution in [0.25, 0.3) is 21.5 Å². The summed E-state index contributed by atoms with van der Waals surface area (Å²) in [6, 6.07) is 28.6. The number of anilines is 1. The van der Waals surface area contributed by atoms with Crippen molar-refractivity contribution in [2.45, 2.75) is 19.3 Å². The third-order valence-electron chi connectivity index (χ3n) is 5.53. The van der Waals surface area contributed by atoms with E-state index in [1.165, 1.54) is 38.4 Å². The topological polar surface area (TPSA) is 23.5 Å². The third-order valence-corrected chi connectivity index (χ3v) is 5.53. The van der Waals surface area contributed by atoms with Gasteiger partial charge in [0.25, 0.3) is 0 Å². The molecule has 4 aromatic rings. The van der Waals surface area contributed by atoms with E-state index < -0.39 is 0 Å². The number of aliphatic hydroxyl groups excluding tert-OH is 1. The molecular weight excluding hydrogens is 342 g/mol. The van der Waals surface area contributed by atoms with Gasteiger partial charge in [-0.3, -0.25) is 0 Å². The molecule has 0 spiro atoms. The van der Waals surface area contributed by atoms with E-state index in [1.807, 2.05) is 0 Å². The summed E-state index contributed by atoms with van der Waals surface area (Å²) in [5, 5.41) is 14.2. The Morgan fingerprint density at radius 3 is 2.18 bits per heavy atom. The molecule has 0 amide bonds. The van der Waals surface area contributed by atoms with E-state index in [0.717, 1.165) is 25.8 Å². The van der Waals surface area contributed by atoms with Crippen molar-refractivity contribution in [2.24, 2.45) is 0 Å². The van der Waals surface area contributed by atoms with Gasteiger partial charge in [-0.15, -0.1) is 0 Å². The van der Waals surface area contributed by atoms with Crippen molar-refractivity contribution in [2.75, 3.05) is 25.1 Å². The first-order chi connectivity index (χ1) is 13.8. The quantitative estimate of drug-likeness (QED) is 0.329. The first-order valence-corrected chi connectivity index (χ1v) is 10.1. The van der Waals surface area contributed by atoms with Crippen LogP contribution >= 0.6 is 0 Å². The largest absolute Gasteiger partial charge is 0.396 e. The van der Waals surface area contributed by atoms with Crippen molar-refractivity contribution in [3.05, 3.63) is 90.0 Å². The Balaban J connectivity index is 1.61. The maximum absolute atomic E-state index is 8.95. The van der Waals surface area contributed by atoms with E-state index >= 15 is 0 Å². The van der Waals surface area contributed by atoms with Crippen LogP contribution in [0.2, 0.25) is 0 Å². The molecule has 0 aliphatic carbocycles. The van der Waals surface area contributed by atoms with Gasteiger partial charge >= 0.3 is 0 Å². The lowest BCUT2D eigenvalue weighted by Crippen LogP contribution is -2.18. The Labute approximate surface area is 167 Å². The third kappa shape index (κ3) is 3.88. The number of aliphatic hydroxyl groups is 1. The first-order valence-electron chi connectivity index (χ1n) is 10.1. The van der Waals surface area contributed by atoms with E-state index in [9.17, 15) is 0 Å². The number of fused-ring (bicyclic) bond motifs is 3. The average Bonchev–Trinajstić information content (AvgIpc) is 2.74. The summed E-state index contributed by atoms with van der Waals surface area (Å²) in [5.74, 6) is 0. The monoisotopic (exact) mass is 369 g/mol. The van der Waals surface area contributed by atoms with Gasteiger partial charge in [0.2, 0.25) is 0 Å². The van der Waals surface area contributed by atoms with E-state index in [1.54, 1.807) is 0 Å². The first kappa shape index (κ1) is 18.5. The number of benzene rings is 4. The van der Waals surface area contributed by atoms with Crippen LogP contribution in [0.3, 0.4) is 0 Å². The van der Waals surface area contributed by atoms with Gasteiger partial charge in [0.05, 0.1) is 0 Å². The molecule has 0 unspecified atom stereocenters. The van der Waals surface area contributed by atoms with Crippen molar-refractivity contribution >= 4 is 27.2 Å². The Kier molecular flexibility index (Phi) is 5.59.